The molecule has 0 fully saturated rings. The van der Waals surface area contributed by atoms with Gasteiger partial charge in [0, 0.05) is 36.6 Å². The van der Waals surface area contributed by atoms with E-state index in [1.807, 2.05) is 18.6 Å². The summed E-state index contributed by atoms with van der Waals surface area (Å²) in [7, 11) is -2.89. The topological polar surface area (TPSA) is 153 Å². The van der Waals surface area contributed by atoms with Gasteiger partial charge in [0.2, 0.25) is 0 Å². The lowest BCUT2D eigenvalue weighted by Gasteiger charge is -2.18. The van der Waals surface area contributed by atoms with Crippen molar-refractivity contribution in [3.05, 3.63) is 81.9 Å². The van der Waals surface area contributed by atoms with Gasteiger partial charge in [0.1, 0.15) is 11.6 Å². The molecule has 45 heavy (non-hydrogen) atoms. The Labute approximate surface area is 261 Å². The third kappa shape index (κ3) is 7.59. The maximum Gasteiger partial charge on any atom is 0.343 e. The Hall–Kier alpha value is -4.53. The average molecular weight is 641 g/mol. The lowest BCUT2D eigenvalue weighted by Crippen LogP contribution is -2.48. The molecular weight excluding hydrogens is 603 g/mol. The van der Waals surface area contributed by atoms with Gasteiger partial charge >= 0.3 is 16.2 Å². The van der Waals surface area contributed by atoms with E-state index in [0.29, 0.717) is 51.8 Å². The van der Waals surface area contributed by atoms with E-state index in [9.17, 15) is 27.2 Å². The van der Waals surface area contributed by atoms with Gasteiger partial charge in [-0.2, -0.15) is 13.1 Å². The van der Waals surface area contributed by atoms with Gasteiger partial charge in [-0.25, -0.2) is 18.8 Å². The van der Waals surface area contributed by atoms with Gasteiger partial charge in [-0.05, 0) is 74.5 Å². The Morgan fingerprint density at radius 2 is 1.78 bits per heavy atom. The number of likely N-dealkylation sites (N-methyl/N-ethyl adjacent to an activating group) is 1. The number of methoxy groups -OCH3 is 1. The average Bonchev–Trinajstić information content (AvgIpc) is 3.44. The quantitative estimate of drug-likeness (QED) is 0.221. The van der Waals surface area contributed by atoms with Crippen molar-refractivity contribution in [2.24, 2.45) is 0 Å². The molecular formula is C31H37FN6O6S. The lowest BCUT2D eigenvalue weighted by atomic mass is 10.0. The maximum atomic E-state index is 14.4. The van der Waals surface area contributed by atoms with Crippen molar-refractivity contribution >= 4 is 45.4 Å². The second kappa shape index (κ2) is 14.1. The molecule has 1 aliphatic heterocycles. The van der Waals surface area contributed by atoms with E-state index >= 15 is 0 Å². The van der Waals surface area contributed by atoms with Crippen LogP contribution in [0.2, 0.25) is 0 Å². The summed E-state index contributed by atoms with van der Waals surface area (Å²) in [6.45, 7) is 10.3. The SMILES string of the molecule is CCN(CC)CCNC(=O)c1c(C)[nH]c(/C=C2\C(=O)N(C(=O)NS(=O)(=O)NCc3ccc(OC)cc3)c3ccc(F)cc32)c1C. The molecule has 2 aromatic carbocycles. The molecule has 0 saturated heterocycles. The van der Waals surface area contributed by atoms with Crippen molar-refractivity contribution in [2.75, 3.05) is 38.2 Å². The van der Waals surface area contributed by atoms with Crippen LogP contribution in [0.3, 0.4) is 0 Å². The largest absolute Gasteiger partial charge is 0.497 e. The summed E-state index contributed by atoms with van der Waals surface area (Å²) in [5.41, 5.74) is 2.59. The van der Waals surface area contributed by atoms with E-state index in [2.05, 4.69) is 19.9 Å². The van der Waals surface area contributed by atoms with Crippen LogP contribution in [-0.4, -0.2) is 69.4 Å². The van der Waals surface area contributed by atoms with E-state index in [0.717, 1.165) is 25.2 Å². The molecule has 0 unspecified atom stereocenters. The van der Waals surface area contributed by atoms with Crippen molar-refractivity contribution in [1.29, 1.82) is 0 Å². The van der Waals surface area contributed by atoms with E-state index in [-0.39, 0.29) is 29.3 Å². The molecule has 1 aromatic heterocycles. The minimum atomic E-state index is -4.40. The number of aromatic amines is 1. The molecule has 2 heterocycles. The highest BCUT2D eigenvalue weighted by atomic mass is 32.2. The van der Waals surface area contributed by atoms with Crippen LogP contribution in [0, 0.1) is 19.7 Å². The zero-order valence-electron chi connectivity index (χ0n) is 25.8. The van der Waals surface area contributed by atoms with Crippen LogP contribution in [0.1, 0.15) is 52.3 Å². The van der Waals surface area contributed by atoms with Crippen molar-refractivity contribution in [1.82, 2.24) is 24.6 Å². The number of carbonyl (C=O) groups is 3. The molecule has 14 heteroatoms. The minimum Gasteiger partial charge on any atom is -0.497 e. The molecule has 0 radical (unpaired) electrons. The van der Waals surface area contributed by atoms with Gasteiger partial charge in [0.05, 0.1) is 23.9 Å². The van der Waals surface area contributed by atoms with Gasteiger partial charge in [-0.1, -0.05) is 26.0 Å². The van der Waals surface area contributed by atoms with Crippen molar-refractivity contribution in [3.63, 3.8) is 0 Å². The fourth-order valence-corrected chi connectivity index (χ4v) is 5.83. The number of amides is 4. The molecule has 0 saturated carbocycles. The monoisotopic (exact) mass is 640 g/mol. The molecule has 12 nitrogen and oxygen atoms in total. The van der Waals surface area contributed by atoms with Crippen LogP contribution in [0.4, 0.5) is 14.9 Å². The van der Waals surface area contributed by atoms with Gasteiger partial charge in [-0.3, -0.25) is 9.59 Å². The predicted octanol–water partition coefficient (Wildman–Crippen LogP) is 3.48. The number of urea groups is 1. The Bertz CT molecular complexity index is 1730. The number of fused-ring (bicyclic) bond motifs is 1. The Morgan fingerprint density at radius 1 is 1.09 bits per heavy atom. The fraction of sp³-hybridized carbons (Fsp3) is 0.323. The molecule has 0 atom stereocenters. The third-order valence-electron chi connectivity index (χ3n) is 7.57. The summed E-state index contributed by atoms with van der Waals surface area (Å²) in [6.07, 6.45) is 1.43. The Kier molecular flexibility index (Phi) is 10.4. The van der Waals surface area contributed by atoms with Crippen molar-refractivity contribution in [3.8, 4) is 5.75 Å². The van der Waals surface area contributed by atoms with Crippen LogP contribution >= 0.6 is 0 Å². The highest BCUT2D eigenvalue weighted by Crippen LogP contribution is 2.39. The number of aryl methyl sites for hydroxylation is 1. The van der Waals surface area contributed by atoms with Crippen LogP contribution in [0.25, 0.3) is 11.6 Å². The van der Waals surface area contributed by atoms with Crippen LogP contribution in [0.15, 0.2) is 42.5 Å². The summed E-state index contributed by atoms with van der Waals surface area (Å²) >= 11 is 0. The van der Waals surface area contributed by atoms with Gasteiger partial charge in [0.15, 0.2) is 0 Å². The third-order valence-corrected chi connectivity index (χ3v) is 8.54. The first-order valence-electron chi connectivity index (χ1n) is 14.4. The standard InChI is InChI=1S/C31H37FN6O6S/c1-6-37(7-2)15-14-33-29(39)28-19(3)26(35-20(28)4)17-25-24-16-22(32)10-13-27(24)38(30(25)40)31(41)36-45(42,43)34-18-21-8-11-23(44-5)12-9-21/h8-13,16-17,34-35H,6-7,14-15,18H2,1-5H3,(H,33,39)(H,36,41)/b25-17-. The number of benzene rings is 2. The fourth-order valence-electron chi connectivity index (χ4n) is 5.08. The number of imide groups is 1. The number of halogens is 1. The second-order valence-corrected chi connectivity index (χ2v) is 11.9. The number of carbonyl (C=O) groups excluding carboxylic acids is 3. The summed E-state index contributed by atoms with van der Waals surface area (Å²) in [5, 5.41) is 2.92. The smallest absolute Gasteiger partial charge is 0.343 e. The van der Waals surface area contributed by atoms with Crippen molar-refractivity contribution < 1.29 is 31.9 Å². The van der Waals surface area contributed by atoms with Crippen LogP contribution < -0.4 is 24.4 Å². The maximum absolute atomic E-state index is 14.4. The number of nitrogens with zero attached hydrogens (tertiary/aromatic N) is 2. The van der Waals surface area contributed by atoms with E-state index in [1.165, 1.54) is 19.3 Å². The van der Waals surface area contributed by atoms with Crippen LogP contribution in [-0.2, 0) is 21.5 Å². The van der Waals surface area contributed by atoms with E-state index in [1.54, 1.807) is 38.1 Å². The zero-order chi connectivity index (χ0) is 32.9. The number of ether oxygens (including phenoxy) is 1. The van der Waals surface area contributed by atoms with E-state index < -0.39 is 28.0 Å². The van der Waals surface area contributed by atoms with Gasteiger partial charge < -0.3 is 19.9 Å². The number of hydrogen-bond donors (Lipinski definition) is 4. The number of rotatable bonds is 12. The first-order chi connectivity index (χ1) is 21.4. The normalized spacial score (nSPS) is 13.8. The molecule has 4 amide bonds. The lowest BCUT2D eigenvalue weighted by molar-refractivity contribution is -0.112. The first kappa shape index (κ1) is 33.4. The van der Waals surface area contributed by atoms with E-state index in [4.69, 9.17) is 4.74 Å². The molecule has 1 aliphatic rings. The first-order valence-corrected chi connectivity index (χ1v) is 15.9. The predicted molar refractivity (Wildman–Crippen MR) is 169 cm³/mol. The number of aromatic nitrogens is 1. The summed E-state index contributed by atoms with van der Waals surface area (Å²) in [4.78, 5) is 45.7. The van der Waals surface area contributed by atoms with Gasteiger partial charge in [0.25, 0.3) is 11.8 Å². The second-order valence-electron chi connectivity index (χ2n) is 10.4. The Balaban J connectivity index is 1.55. The zero-order valence-corrected chi connectivity index (χ0v) is 26.6. The molecule has 0 aliphatic carbocycles. The minimum absolute atomic E-state index is 0.00537. The Morgan fingerprint density at radius 3 is 2.42 bits per heavy atom. The molecule has 0 spiro atoms. The van der Waals surface area contributed by atoms with Crippen LogP contribution in [0.5, 0.6) is 5.75 Å². The summed E-state index contributed by atoms with van der Waals surface area (Å²) in [5.74, 6) is -1.21. The van der Waals surface area contributed by atoms with Gasteiger partial charge in [-0.15, -0.1) is 0 Å². The number of hydrogen-bond acceptors (Lipinski definition) is 7. The number of anilines is 1. The van der Waals surface area contributed by atoms with Crippen molar-refractivity contribution in [2.45, 2.75) is 34.2 Å². The molecule has 0 bridgehead atoms. The highest BCUT2D eigenvalue weighted by Gasteiger charge is 2.38. The highest BCUT2D eigenvalue weighted by molar-refractivity contribution is 7.88. The molecule has 4 rings (SSSR count). The summed E-state index contributed by atoms with van der Waals surface area (Å²) in [6, 6.07) is 8.76. The number of nitrogens with one attached hydrogen (secondary N) is 4. The molecule has 4 N–H and O–H groups in total. The number of H-pyrrole nitrogens is 1. The molecule has 3 aromatic rings. The molecule has 240 valence electrons. The summed E-state index contributed by atoms with van der Waals surface area (Å²) < 4.78 is 49.0.